The summed E-state index contributed by atoms with van der Waals surface area (Å²) in [5.41, 5.74) is 1.52. The van der Waals surface area contributed by atoms with Crippen molar-refractivity contribution in [1.82, 2.24) is 10.6 Å². The number of methoxy groups -OCH3 is 3. The molecule has 3 rings (SSSR count). The molecular formula is C25H26N4O5. The van der Waals surface area contributed by atoms with Gasteiger partial charge in [0.2, 0.25) is 5.75 Å². The van der Waals surface area contributed by atoms with Crippen LogP contribution in [0.2, 0.25) is 0 Å². The van der Waals surface area contributed by atoms with Crippen molar-refractivity contribution >= 4 is 23.3 Å². The van der Waals surface area contributed by atoms with Gasteiger partial charge in [-0.05, 0) is 18.1 Å². The fourth-order valence-electron chi connectivity index (χ4n) is 3.40. The Morgan fingerprint density at radius 3 is 2.18 bits per heavy atom. The Bertz CT molecular complexity index is 1200. The van der Waals surface area contributed by atoms with E-state index in [2.05, 4.69) is 15.6 Å². The molecule has 9 heteroatoms. The van der Waals surface area contributed by atoms with Gasteiger partial charge in [0.05, 0.1) is 27.0 Å². The molecule has 0 spiro atoms. The highest BCUT2D eigenvalue weighted by atomic mass is 16.5. The van der Waals surface area contributed by atoms with Crippen LogP contribution in [0.25, 0.3) is 5.70 Å². The number of benzene rings is 2. The van der Waals surface area contributed by atoms with Crippen molar-refractivity contribution in [2.75, 3.05) is 27.9 Å². The number of amides is 2. The van der Waals surface area contributed by atoms with Gasteiger partial charge >= 0.3 is 0 Å². The van der Waals surface area contributed by atoms with Gasteiger partial charge in [0, 0.05) is 23.2 Å². The van der Waals surface area contributed by atoms with E-state index < -0.39 is 11.8 Å². The standard InChI is InChI=1S/C25H26N4O5/c1-14(2)13-27-25(31)18(12-26)21-16-8-6-7-9-17(16)23(28-21)29-24(30)15-10-19(32-3)22(34-5)20(11-15)33-4/h6-11,14H,13H2,1-5H3,(H,27,31)(H,28,29,30). The number of carbonyl (C=O) groups is 2. The second-order valence-electron chi connectivity index (χ2n) is 7.81. The van der Waals surface area contributed by atoms with Gasteiger partial charge in [-0.25, -0.2) is 4.99 Å². The first-order valence-electron chi connectivity index (χ1n) is 10.6. The summed E-state index contributed by atoms with van der Waals surface area (Å²) in [5, 5.41) is 15.2. The Morgan fingerprint density at radius 1 is 1.03 bits per heavy atom. The van der Waals surface area contributed by atoms with Crippen molar-refractivity contribution in [2.45, 2.75) is 13.8 Å². The summed E-state index contributed by atoms with van der Waals surface area (Å²) in [6, 6.07) is 12.1. The van der Waals surface area contributed by atoms with Gasteiger partial charge in [0.15, 0.2) is 11.5 Å². The maximum atomic E-state index is 13.1. The Labute approximate surface area is 198 Å². The lowest BCUT2D eigenvalue weighted by Gasteiger charge is -2.14. The van der Waals surface area contributed by atoms with Crippen molar-refractivity contribution in [3.05, 3.63) is 58.7 Å². The van der Waals surface area contributed by atoms with Gasteiger partial charge in [-0.3, -0.25) is 9.59 Å². The number of rotatable bonds is 7. The van der Waals surface area contributed by atoms with E-state index in [0.29, 0.717) is 34.9 Å². The van der Waals surface area contributed by atoms with Gasteiger partial charge < -0.3 is 24.8 Å². The zero-order valence-electron chi connectivity index (χ0n) is 19.7. The first-order valence-corrected chi connectivity index (χ1v) is 10.6. The van der Waals surface area contributed by atoms with E-state index in [1.165, 1.54) is 33.5 Å². The molecule has 0 radical (unpaired) electrons. The van der Waals surface area contributed by atoms with E-state index in [1.54, 1.807) is 24.3 Å². The van der Waals surface area contributed by atoms with Crippen LogP contribution in [0.4, 0.5) is 0 Å². The molecule has 0 saturated carbocycles. The number of nitriles is 1. The molecule has 1 aliphatic rings. The van der Waals surface area contributed by atoms with Gasteiger partial charge in [-0.1, -0.05) is 38.1 Å². The number of nitrogens with one attached hydrogen (secondary N) is 2. The summed E-state index contributed by atoms with van der Waals surface area (Å²) in [5.74, 6) is 0.486. The molecule has 0 aliphatic carbocycles. The molecule has 9 nitrogen and oxygen atoms in total. The lowest BCUT2D eigenvalue weighted by atomic mass is 10.0. The molecule has 1 heterocycles. The lowest BCUT2D eigenvalue weighted by molar-refractivity contribution is -0.117. The SMILES string of the molecule is COc1cc(C(=O)NC2=NC(=C(C#N)C(=O)NCC(C)C)c3ccccc32)cc(OC)c1OC. The second kappa shape index (κ2) is 10.5. The Morgan fingerprint density at radius 2 is 1.65 bits per heavy atom. The summed E-state index contributed by atoms with van der Waals surface area (Å²) in [6.45, 7) is 4.34. The first kappa shape index (κ1) is 24.3. The number of aliphatic imine (C=N–C) groups is 1. The Balaban J connectivity index is 2.00. The average molecular weight is 463 g/mol. The van der Waals surface area contributed by atoms with Gasteiger partial charge in [-0.15, -0.1) is 0 Å². The van der Waals surface area contributed by atoms with E-state index in [4.69, 9.17) is 14.2 Å². The Kier molecular flexibility index (Phi) is 7.53. The molecule has 34 heavy (non-hydrogen) atoms. The van der Waals surface area contributed by atoms with Crippen molar-refractivity contribution in [1.29, 1.82) is 5.26 Å². The molecule has 0 saturated heterocycles. The highest BCUT2D eigenvalue weighted by Gasteiger charge is 2.28. The number of hydrogen-bond acceptors (Lipinski definition) is 7. The molecule has 2 aromatic carbocycles. The average Bonchev–Trinajstić information content (AvgIpc) is 3.20. The molecule has 2 aromatic rings. The van der Waals surface area contributed by atoms with Gasteiger partial charge in [0.25, 0.3) is 11.8 Å². The van der Waals surface area contributed by atoms with Crippen molar-refractivity contribution in [3.63, 3.8) is 0 Å². The molecule has 2 N–H and O–H groups in total. The third kappa shape index (κ3) is 4.86. The van der Waals surface area contributed by atoms with Crippen LogP contribution >= 0.6 is 0 Å². The summed E-state index contributed by atoms with van der Waals surface area (Å²) < 4.78 is 15.9. The van der Waals surface area contributed by atoms with Crippen LogP contribution in [0.3, 0.4) is 0 Å². The number of hydrogen-bond donors (Lipinski definition) is 2. The van der Waals surface area contributed by atoms with E-state index in [9.17, 15) is 14.9 Å². The molecule has 176 valence electrons. The van der Waals surface area contributed by atoms with E-state index in [0.717, 1.165) is 0 Å². The van der Waals surface area contributed by atoms with Crippen molar-refractivity contribution in [2.24, 2.45) is 10.9 Å². The topological polar surface area (TPSA) is 122 Å². The molecule has 1 aliphatic heterocycles. The number of fused-ring (bicyclic) bond motifs is 1. The fraction of sp³-hybridized carbons (Fsp3) is 0.280. The van der Waals surface area contributed by atoms with Crippen LogP contribution in [0.15, 0.2) is 47.0 Å². The predicted molar refractivity (Wildman–Crippen MR) is 127 cm³/mol. The molecule has 2 amide bonds. The minimum Gasteiger partial charge on any atom is -0.493 e. The zero-order valence-corrected chi connectivity index (χ0v) is 19.7. The normalized spacial score (nSPS) is 13.4. The number of nitrogens with zero attached hydrogens (tertiary/aromatic N) is 2. The van der Waals surface area contributed by atoms with Crippen LogP contribution in [0.5, 0.6) is 17.2 Å². The third-order valence-corrected chi connectivity index (χ3v) is 5.07. The van der Waals surface area contributed by atoms with E-state index in [1.807, 2.05) is 19.9 Å². The monoisotopic (exact) mass is 462 g/mol. The Hall–Kier alpha value is -4.32. The fourth-order valence-corrected chi connectivity index (χ4v) is 3.40. The maximum Gasteiger partial charge on any atom is 0.264 e. The van der Waals surface area contributed by atoms with E-state index >= 15 is 0 Å². The smallest absolute Gasteiger partial charge is 0.264 e. The van der Waals surface area contributed by atoms with Crippen LogP contribution in [-0.4, -0.2) is 45.5 Å². The lowest BCUT2D eigenvalue weighted by Crippen LogP contribution is -2.30. The summed E-state index contributed by atoms with van der Waals surface area (Å²) >= 11 is 0. The second-order valence-corrected chi connectivity index (χ2v) is 7.81. The van der Waals surface area contributed by atoms with Crippen molar-refractivity contribution < 1.29 is 23.8 Å². The van der Waals surface area contributed by atoms with E-state index in [-0.39, 0.29) is 28.6 Å². The minimum absolute atomic E-state index is 0.120. The van der Waals surface area contributed by atoms with Crippen molar-refractivity contribution in [3.8, 4) is 23.3 Å². The van der Waals surface area contributed by atoms with Crippen LogP contribution < -0.4 is 24.8 Å². The molecular weight excluding hydrogens is 436 g/mol. The summed E-state index contributed by atoms with van der Waals surface area (Å²) in [6.07, 6.45) is 0. The zero-order chi connectivity index (χ0) is 24.8. The molecule has 0 fully saturated rings. The maximum absolute atomic E-state index is 13.1. The molecule has 0 atom stereocenters. The molecule has 0 unspecified atom stereocenters. The third-order valence-electron chi connectivity index (χ3n) is 5.07. The first-order chi connectivity index (χ1) is 16.3. The predicted octanol–water partition coefficient (Wildman–Crippen LogP) is 2.91. The van der Waals surface area contributed by atoms with Crippen LogP contribution in [-0.2, 0) is 4.79 Å². The van der Waals surface area contributed by atoms with Gasteiger partial charge in [-0.2, -0.15) is 5.26 Å². The summed E-state index contributed by atoms with van der Waals surface area (Å²) in [7, 11) is 4.39. The molecule has 0 aromatic heterocycles. The van der Waals surface area contributed by atoms with Crippen LogP contribution in [0, 0.1) is 17.2 Å². The number of carbonyl (C=O) groups excluding carboxylic acids is 2. The van der Waals surface area contributed by atoms with Gasteiger partial charge in [0.1, 0.15) is 17.5 Å². The quantitative estimate of drug-likeness (QED) is 0.482. The van der Waals surface area contributed by atoms with Crippen LogP contribution in [0.1, 0.15) is 35.3 Å². The molecule has 0 bridgehead atoms. The highest BCUT2D eigenvalue weighted by molar-refractivity contribution is 6.20. The minimum atomic E-state index is -0.512. The number of ether oxygens (including phenoxy) is 3. The largest absolute Gasteiger partial charge is 0.493 e. The number of amidine groups is 1. The highest BCUT2D eigenvalue weighted by Crippen LogP contribution is 2.38. The summed E-state index contributed by atoms with van der Waals surface area (Å²) in [4.78, 5) is 30.2.